The van der Waals surface area contributed by atoms with Gasteiger partial charge in [-0.15, -0.1) is 0 Å². The molecule has 0 aliphatic carbocycles. The van der Waals surface area contributed by atoms with Gasteiger partial charge < -0.3 is 30.6 Å². The number of nitrogen functional groups attached to an aromatic ring is 1. The van der Waals surface area contributed by atoms with Crippen molar-refractivity contribution in [3.63, 3.8) is 0 Å². The lowest BCUT2D eigenvalue weighted by Crippen LogP contribution is -2.51. The normalized spacial score (nSPS) is 14.7. The standard InChI is InChI=1S/C31H34N8O3/c1-40-28-13-24-23-12-26(37-31(33)25(23)17-36-27(24)14-29(28)41-2)20-11-22(16-34-15-20)42-19-21(32)18-38-7-9-39(10-8-38)30-5-3-4-6-35-30/h3-6,11-17,21H,7-10,18-19,32H2,1-2H3,(H2,33,37)/t21-/m0/s1. The van der Waals surface area contributed by atoms with Gasteiger partial charge >= 0.3 is 0 Å². The maximum absolute atomic E-state index is 6.46. The lowest BCUT2D eigenvalue weighted by molar-refractivity contribution is 0.204. The summed E-state index contributed by atoms with van der Waals surface area (Å²) in [6.07, 6.45) is 6.99. The number of pyridine rings is 4. The topological polar surface area (TPSA) is 138 Å². The van der Waals surface area contributed by atoms with E-state index in [1.54, 1.807) is 32.8 Å². The summed E-state index contributed by atoms with van der Waals surface area (Å²) in [6.45, 7) is 4.82. The van der Waals surface area contributed by atoms with E-state index in [0.717, 1.165) is 65.8 Å². The van der Waals surface area contributed by atoms with Crippen LogP contribution in [0.4, 0.5) is 11.6 Å². The predicted octanol–water partition coefficient (Wildman–Crippen LogP) is 3.37. The Kier molecular flexibility index (Phi) is 7.85. The van der Waals surface area contributed by atoms with E-state index in [1.165, 1.54) is 0 Å². The van der Waals surface area contributed by atoms with E-state index in [2.05, 4.69) is 29.7 Å². The second kappa shape index (κ2) is 12.0. The van der Waals surface area contributed by atoms with Crippen LogP contribution in [0, 0.1) is 0 Å². The molecule has 42 heavy (non-hydrogen) atoms. The second-order valence-corrected chi connectivity index (χ2v) is 10.3. The zero-order chi connectivity index (χ0) is 29.1. The number of anilines is 2. The minimum absolute atomic E-state index is 0.143. The number of nitrogens with zero attached hydrogens (tertiary/aromatic N) is 6. The van der Waals surface area contributed by atoms with Crippen molar-refractivity contribution in [3.8, 4) is 28.5 Å². The number of fused-ring (bicyclic) bond motifs is 3. The van der Waals surface area contributed by atoms with E-state index >= 15 is 0 Å². The van der Waals surface area contributed by atoms with Crippen LogP contribution in [-0.4, -0.2) is 84.4 Å². The van der Waals surface area contributed by atoms with E-state index in [9.17, 15) is 0 Å². The third-order valence-electron chi connectivity index (χ3n) is 7.52. The monoisotopic (exact) mass is 566 g/mol. The average Bonchev–Trinajstić information content (AvgIpc) is 3.03. The quantitative estimate of drug-likeness (QED) is 0.254. The fourth-order valence-electron chi connectivity index (χ4n) is 5.33. The summed E-state index contributed by atoms with van der Waals surface area (Å²) in [6, 6.07) is 13.5. The molecule has 0 bridgehead atoms. The molecule has 4 aromatic heterocycles. The van der Waals surface area contributed by atoms with E-state index in [-0.39, 0.29) is 6.04 Å². The van der Waals surface area contributed by atoms with Crippen LogP contribution in [0.5, 0.6) is 17.2 Å². The first-order valence-electron chi connectivity index (χ1n) is 13.9. The molecule has 1 fully saturated rings. The first kappa shape index (κ1) is 27.4. The van der Waals surface area contributed by atoms with Crippen molar-refractivity contribution < 1.29 is 14.2 Å². The molecule has 1 atom stereocenters. The SMILES string of the molecule is COc1cc2ncc3c(N)nc(-c4cncc(OC[C@@H](N)CN5CCN(c6ccccn6)CC5)c4)cc3c2cc1OC. The largest absolute Gasteiger partial charge is 0.493 e. The molecule has 0 amide bonds. The van der Waals surface area contributed by atoms with Gasteiger partial charge in [-0.05, 0) is 35.7 Å². The Morgan fingerprint density at radius 3 is 2.45 bits per heavy atom. The van der Waals surface area contributed by atoms with Crippen molar-refractivity contribution in [2.45, 2.75) is 6.04 Å². The number of ether oxygens (including phenoxy) is 3. The highest BCUT2D eigenvalue weighted by molar-refractivity contribution is 6.10. The van der Waals surface area contributed by atoms with Crippen LogP contribution in [0.15, 0.2) is 67.3 Å². The number of benzene rings is 1. The average molecular weight is 567 g/mol. The molecule has 1 saturated heterocycles. The number of methoxy groups -OCH3 is 2. The number of rotatable bonds is 9. The maximum Gasteiger partial charge on any atom is 0.162 e. The molecule has 0 saturated carbocycles. The van der Waals surface area contributed by atoms with Crippen molar-refractivity contribution in [2.24, 2.45) is 5.73 Å². The predicted molar refractivity (Wildman–Crippen MR) is 164 cm³/mol. The minimum atomic E-state index is -0.143. The molecule has 11 nitrogen and oxygen atoms in total. The molecule has 1 aliphatic rings. The zero-order valence-corrected chi connectivity index (χ0v) is 23.7. The van der Waals surface area contributed by atoms with Crippen molar-refractivity contribution in [3.05, 3.63) is 67.3 Å². The van der Waals surface area contributed by atoms with E-state index in [0.29, 0.717) is 35.4 Å². The van der Waals surface area contributed by atoms with Crippen molar-refractivity contribution >= 4 is 33.3 Å². The van der Waals surface area contributed by atoms with Gasteiger partial charge in [-0.3, -0.25) is 14.9 Å². The summed E-state index contributed by atoms with van der Waals surface area (Å²) in [4.78, 5) is 22.7. The van der Waals surface area contributed by atoms with E-state index in [4.69, 9.17) is 25.7 Å². The van der Waals surface area contributed by atoms with Gasteiger partial charge in [0.2, 0.25) is 0 Å². The van der Waals surface area contributed by atoms with Gasteiger partial charge in [0.25, 0.3) is 0 Å². The fourth-order valence-corrected chi connectivity index (χ4v) is 5.33. The van der Waals surface area contributed by atoms with Gasteiger partial charge in [0.05, 0.1) is 37.7 Å². The molecule has 5 aromatic rings. The molecule has 5 heterocycles. The summed E-state index contributed by atoms with van der Waals surface area (Å²) in [5.41, 5.74) is 15.1. The van der Waals surface area contributed by atoms with Crippen LogP contribution >= 0.6 is 0 Å². The number of piperazine rings is 1. The van der Waals surface area contributed by atoms with E-state index < -0.39 is 0 Å². The smallest absolute Gasteiger partial charge is 0.162 e. The summed E-state index contributed by atoms with van der Waals surface area (Å²) in [7, 11) is 3.21. The summed E-state index contributed by atoms with van der Waals surface area (Å²) in [5.74, 6) is 3.24. The molecule has 0 unspecified atom stereocenters. The van der Waals surface area contributed by atoms with Gasteiger partial charge in [-0.25, -0.2) is 9.97 Å². The van der Waals surface area contributed by atoms with E-state index in [1.807, 2.05) is 48.7 Å². The Hall–Kier alpha value is -4.74. The Labute approximate surface area is 244 Å². The fraction of sp³-hybridized carbons (Fsp3) is 0.290. The van der Waals surface area contributed by atoms with Crippen LogP contribution in [0.1, 0.15) is 0 Å². The number of nitrogens with two attached hydrogens (primary N) is 2. The molecule has 0 radical (unpaired) electrons. The van der Waals surface area contributed by atoms with Gasteiger partial charge in [-0.2, -0.15) is 0 Å². The molecule has 1 aliphatic heterocycles. The van der Waals surface area contributed by atoms with Crippen molar-refractivity contribution in [1.82, 2.24) is 24.8 Å². The highest BCUT2D eigenvalue weighted by Gasteiger charge is 2.20. The molecule has 1 aromatic carbocycles. The maximum atomic E-state index is 6.46. The van der Waals surface area contributed by atoms with Gasteiger partial charge in [-0.1, -0.05) is 6.07 Å². The van der Waals surface area contributed by atoms with Crippen molar-refractivity contribution in [1.29, 1.82) is 0 Å². The van der Waals surface area contributed by atoms with Gasteiger partial charge in [0, 0.05) is 73.7 Å². The summed E-state index contributed by atoms with van der Waals surface area (Å²) in [5, 5.41) is 2.54. The Morgan fingerprint density at radius 2 is 1.69 bits per heavy atom. The second-order valence-electron chi connectivity index (χ2n) is 10.3. The molecule has 4 N–H and O–H groups in total. The highest BCUT2D eigenvalue weighted by atomic mass is 16.5. The Morgan fingerprint density at radius 1 is 0.881 bits per heavy atom. The molecular weight excluding hydrogens is 532 g/mol. The Balaban J connectivity index is 1.15. The van der Waals surface area contributed by atoms with Gasteiger partial charge in [0.15, 0.2) is 11.5 Å². The molecular formula is C31H34N8O3. The van der Waals surface area contributed by atoms with Crippen molar-refractivity contribution in [2.75, 3.05) is 64.2 Å². The van der Waals surface area contributed by atoms with Gasteiger partial charge in [0.1, 0.15) is 24.0 Å². The molecule has 11 heteroatoms. The van der Waals surface area contributed by atoms with Crippen LogP contribution in [0.3, 0.4) is 0 Å². The first-order chi connectivity index (χ1) is 20.5. The van der Waals surface area contributed by atoms with Crippen LogP contribution in [-0.2, 0) is 0 Å². The molecule has 6 rings (SSSR count). The highest BCUT2D eigenvalue weighted by Crippen LogP contribution is 2.37. The third-order valence-corrected chi connectivity index (χ3v) is 7.52. The first-order valence-corrected chi connectivity index (χ1v) is 13.9. The number of hydrogen-bond donors (Lipinski definition) is 2. The van der Waals surface area contributed by atoms with Crippen LogP contribution in [0.25, 0.3) is 32.9 Å². The number of hydrogen-bond acceptors (Lipinski definition) is 11. The number of aromatic nitrogens is 4. The molecule has 216 valence electrons. The zero-order valence-electron chi connectivity index (χ0n) is 23.7. The lowest BCUT2D eigenvalue weighted by Gasteiger charge is -2.36. The third kappa shape index (κ3) is 5.69. The molecule has 0 spiro atoms. The lowest BCUT2D eigenvalue weighted by atomic mass is 10.0. The summed E-state index contributed by atoms with van der Waals surface area (Å²) >= 11 is 0. The Bertz CT molecular complexity index is 1690. The minimum Gasteiger partial charge on any atom is -0.493 e. The van der Waals surface area contributed by atoms with Crippen LogP contribution < -0.4 is 30.6 Å². The van der Waals surface area contributed by atoms with Crippen LogP contribution in [0.2, 0.25) is 0 Å². The summed E-state index contributed by atoms with van der Waals surface area (Å²) < 4.78 is 17.0.